The molecular formula is C12H19NO3. The summed E-state index contributed by atoms with van der Waals surface area (Å²) in [5.74, 6) is 0.215. The zero-order valence-corrected chi connectivity index (χ0v) is 9.61. The lowest BCUT2D eigenvalue weighted by Gasteiger charge is -2.47. The first-order valence-electron chi connectivity index (χ1n) is 6.27. The van der Waals surface area contributed by atoms with Crippen LogP contribution in [0.25, 0.3) is 0 Å². The van der Waals surface area contributed by atoms with Crippen molar-refractivity contribution in [3.8, 4) is 0 Å². The van der Waals surface area contributed by atoms with Crippen LogP contribution in [0.2, 0.25) is 0 Å². The number of ether oxygens (including phenoxy) is 2. The normalized spacial score (nSPS) is 32.8. The van der Waals surface area contributed by atoms with Gasteiger partial charge in [-0.15, -0.1) is 0 Å². The zero-order valence-electron chi connectivity index (χ0n) is 9.61. The Kier molecular flexibility index (Phi) is 2.64. The van der Waals surface area contributed by atoms with Crippen molar-refractivity contribution in [2.45, 2.75) is 31.8 Å². The number of hydrogen-bond donors (Lipinski definition) is 0. The molecule has 0 aromatic carbocycles. The molecule has 3 heterocycles. The fourth-order valence-corrected chi connectivity index (χ4v) is 2.86. The van der Waals surface area contributed by atoms with Crippen LogP contribution < -0.4 is 0 Å². The SMILES string of the molecule is O=C(C1CCCO1)N1CCC2(CC1)COC2. The molecule has 4 heteroatoms. The number of carbonyl (C=O) groups excluding carboxylic acids is 1. The second kappa shape index (κ2) is 4.00. The van der Waals surface area contributed by atoms with E-state index >= 15 is 0 Å². The van der Waals surface area contributed by atoms with Crippen LogP contribution >= 0.6 is 0 Å². The molecule has 3 aliphatic rings. The molecular weight excluding hydrogens is 206 g/mol. The topological polar surface area (TPSA) is 38.8 Å². The Labute approximate surface area is 95.9 Å². The van der Waals surface area contributed by atoms with Gasteiger partial charge >= 0.3 is 0 Å². The molecule has 1 amide bonds. The smallest absolute Gasteiger partial charge is 0.251 e. The number of amides is 1. The highest BCUT2D eigenvalue weighted by molar-refractivity contribution is 5.81. The van der Waals surface area contributed by atoms with Gasteiger partial charge < -0.3 is 14.4 Å². The lowest BCUT2D eigenvalue weighted by Crippen LogP contribution is -2.53. The van der Waals surface area contributed by atoms with Gasteiger partial charge in [0, 0.05) is 25.1 Å². The first-order valence-corrected chi connectivity index (χ1v) is 6.27. The number of hydrogen-bond acceptors (Lipinski definition) is 3. The summed E-state index contributed by atoms with van der Waals surface area (Å²) in [5.41, 5.74) is 0.410. The molecule has 90 valence electrons. The van der Waals surface area contributed by atoms with Gasteiger partial charge in [0.05, 0.1) is 13.2 Å². The van der Waals surface area contributed by atoms with Crippen molar-refractivity contribution in [3.63, 3.8) is 0 Å². The van der Waals surface area contributed by atoms with Crippen molar-refractivity contribution < 1.29 is 14.3 Å². The van der Waals surface area contributed by atoms with Crippen LogP contribution in [0, 0.1) is 5.41 Å². The molecule has 0 aliphatic carbocycles. The van der Waals surface area contributed by atoms with Gasteiger partial charge in [-0.25, -0.2) is 0 Å². The van der Waals surface area contributed by atoms with E-state index in [1.165, 1.54) is 0 Å². The van der Waals surface area contributed by atoms with E-state index in [0.717, 1.165) is 58.6 Å². The molecule has 3 fully saturated rings. The standard InChI is InChI=1S/C12H19NO3/c14-11(10-2-1-7-16-10)13-5-3-12(4-6-13)8-15-9-12/h10H,1-9H2. The van der Waals surface area contributed by atoms with Crippen molar-refractivity contribution in [1.29, 1.82) is 0 Å². The summed E-state index contributed by atoms with van der Waals surface area (Å²) in [6, 6.07) is 0. The monoisotopic (exact) mass is 225 g/mol. The molecule has 0 radical (unpaired) electrons. The molecule has 3 rings (SSSR count). The molecule has 0 aromatic rings. The fraction of sp³-hybridized carbons (Fsp3) is 0.917. The van der Waals surface area contributed by atoms with Gasteiger partial charge in [0.25, 0.3) is 5.91 Å². The quantitative estimate of drug-likeness (QED) is 0.662. The molecule has 1 atom stereocenters. The second-order valence-electron chi connectivity index (χ2n) is 5.32. The minimum absolute atomic E-state index is 0.147. The predicted octanol–water partition coefficient (Wildman–Crippen LogP) is 0.804. The highest BCUT2D eigenvalue weighted by Crippen LogP contribution is 2.38. The van der Waals surface area contributed by atoms with Crippen molar-refractivity contribution in [1.82, 2.24) is 4.90 Å². The van der Waals surface area contributed by atoms with E-state index in [-0.39, 0.29) is 12.0 Å². The van der Waals surface area contributed by atoms with Gasteiger partial charge in [-0.1, -0.05) is 0 Å². The van der Waals surface area contributed by atoms with Gasteiger partial charge in [-0.2, -0.15) is 0 Å². The predicted molar refractivity (Wildman–Crippen MR) is 58.0 cm³/mol. The van der Waals surface area contributed by atoms with Crippen molar-refractivity contribution in [2.75, 3.05) is 32.9 Å². The summed E-state index contributed by atoms with van der Waals surface area (Å²) in [6.07, 6.45) is 3.99. The highest BCUT2D eigenvalue weighted by atomic mass is 16.5. The van der Waals surface area contributed by atoms with Crippen LogP contribution in [-0.4, -0.2) is 49.8 Å². The molecule has 3 aliphatic heterocycles. The minimum atomic E-state index is -0.147. The van der Waals surface area contributed by atoms with Crippen molar-refractivity contribution in [3.05, 3.63) is 0 Å². The van der Waals surface area contributed by atoms with Crippen LogP contribution in [0.4, 0.5) is 0 Å². The molecule has 4 nitrogen and oxygen atoms in total. The molecule has 0 saturated carbocycles. The zero-order chi connectivity index (χ0) is 11.0. The van der Waals surface area contributed by atoms with Gasteiger partial charge in [0.15, 0.2) is 0 Å². The summed E-state index contributed by atoms with van der Waals surface area (Å²) < 4.78 is 10.7. The first kappa shape index (κ1) is 10.5. The number of piperidine rings is 1. The Morgan fingerprint density at radius 2 is 2.00 bits per heavy atom. The Bertz CT molecular complexity index is 272. The summed E-state index contributed by atoms with van der Waals surface area (Å²) >= 11 is 0. The van der Waals surface area contributed by atoms with Crippen molar-refractivity contribution in [2.24, 2.45) is 5.41 Å². The lowest BCUT2D eigenvalue weighted by molar-refractivity contribution is -0.158. The number of likely N-dealkylation sites (tertiary alicyclic amines) is 1. The second-order valence-corrected chi connectivity index (χ2v) is 5.32. The fourth-order valence-electron chi connectivity index (χ4n) is 2.86. The average Bonchev–Trinajstić information content (AvgIpc) is 2.80. The van der Waals surface area contributed by atoms with E-state index in [4.69, 9.17) is 9.47 Å². The van der Waals surface area contributed by atoms with Gasteiger partial charge in [-0.05, 0) is 25.7 Å². The number of carbonyl (C=O) groups is 1. The van der Waals surface area contributed by atoms with Crippen molar-refractivity contribution >= 4 is 5.91 Å². The summed E-state index contributed by atoms with van der Waals surface area (Å²) in [4.78, 5) is 14.1. The Morgan fingerprint density at radius 1 is 1.25 bits per heavy atom. The third kappa shape index (κ3) is 1.74. The molecule has 0 bridgehead atoms. The van der Waals surface area contributed by atoms with E-state index in [2.05, 4.69) is 0 Å². The third-order valence-electron chi connectivity index (χ3n) is 4.16. The Morgan fingerprint density at radius 3 is 2.50 bits per heavy atom. The molecule has 0 aromatic heterocycles. The van der Waals surface area contributed by atoms with E-state index in [1.54, 1.807) is 0 Å². The maximum absolute atomic E-state index is 12.1. The maximum Gasteiger partial charge on any atom is 0.251 e. The van der Waals surface area contributed by atoms with Crippen LogP contribution in [-0.2, 0) is 14.3 Å². The van der Waals surface area contributed by atoms with Crippen LogP contribution in [0.3, 0.4) is 0 Å². The number of nitrogens with zero attached hydrogens (tertiary/aromatic N) is 1. The van der Waals surface area contributed by atoms with E-state index in [9.17, 15) is 4.79 Å². The minimum Gasteiger partial charge on any atom is -0.380 e. The van der Waals surface area contributed by atoms with Gasteiger partial charge in [-0.3, -0.25) is 4.79 Å². The lowest BCUT2D eigenvalue weighted by atomic mass is 9.77. The van der Waals surface area contributed by atoms with E-state index in [1.807, 2.05) is 4.90 Å². The maximum atomic E-state index is 12.1. The van der Waals surface area contributed by atoms with Crippen LogP contribution in [0.1, 0.15) is 25.7 Å². The summed E-state index contributed by atoms with van der Waals surface area (Å²) in [5, 5.41) is 0. The van der Waals surface area contributed by atoms with Gasteiger partial charge in [0.1, 0.15) is 6.10 Å². The molecule has 3 saturated heterocycles. The highest BCUT2D eigenvalue weighted by Gasteiger charge is 2.42. The molecule has 16 heavy (non-hydrogen) atoms. The molecule has 1 spiro atoms. The summed E-state index contributed by atoms with van der Waals surface area (Å²) in [6.45, 7) is 4.33. The largest absolute Gasteiger partial charge is 0.380 e. The van der Waals surface area contributed by atoms with Crippen LogP contribution in [0.5, 0.6) is 0 Å². The molecule has 1 unspecified atom stereocenters. The third-order valence-corrected chi connectivity index (χ3v) is 4.16. The summed E-state index contributed by atoms with van der Waals surface area (Å²) in [7, 11) is 0. The van der Waals surface area contributed by atoms with Gasteiger partial charge in [0.2, 0.25) is 0 Å². The van der Waals surface area contributed by atoms with Crippen LogP contribution in [0.15, 0.2) is 0 Å². The van der Waals surface area contributed by atoms with E-state index in [0.29, 0.717) is 5.41 Å². The molecule has 0 N–H and O–H groups in total. The average molecular weight is 225 g/mol. The Balaban J connectivity index is 1.54. The Hall–Kier alpha value is -0.610. The number of rotatable bonds is 1. The van der Waals surface area contributed by atoms with E-state index < -0.39 is 0 Å². The first-order chi connectivity index (χ1) is 7.79.